The van der Waals surface area contributed by atoms with Crippen LogP contribution in [0.25, 0.3) is 0 Å². The Balaban J connectivity index is 1.88. The number of para-hydroxylation sites is 1. The molecule has 0 saturated carbocycles. The molecule has 0 atom stereocenters. The Morgan fingerprint density at radius 3 is 2.27 bits per heavy atom. The SMILES string of the molecule is COc1ccc(S(=O)(=O)N(CCc2ccccc2)CC(=O)Nc2c(Cl)cccc2Cl)cc1C. The van der Waals surface area contributed by atoms with Crippen LogP contribution >= 0.6 is 23.2 Å². The third-order valence-corrected chi connectivity index (χ3v) is 7.52. The van der Waals surface area contributed by atoms with Gasteiger partial charge in [-0.1, -0.05) is 59.6 Å². The van der Waals surface area contributed by atoms with E-state index in [0.29, 0.717) is 17.7 Å². The molecule has 1 amide bonds. The quantitative estimate of drug-likeness (QED) is 0.433. The fraction of sp³-hybridized carbons (Fsp3) is 0.208. The van der Waals surface area contributed by atoms with Crippen LogP contribution in [0.5, 0.6) is 5.75 Å². The van der Waals surface area contributed by atoms with Crippen molar-refractivity contribution in [1.82, 2.24) is 4.31 Å². The van der Waals surface area contributed by atoms with Crippen LogP contribution in [-0.4, -0.2) is 38.8 Å². The second-order valence-corrected chi connectivity index (χ2v) is 10.1. The Labute approximate surface area is 204 Å². The Morgan fingerprint density at radius 1 is 1.00 bits per heavy atom. The van der Waals surface area contributed by atoms with Gasteiger partial charge in [0.05, 0.1) is 34.3 Å². The van der Waals surface area contributed by atoms with E-state index in [4.69, 9.17) is 27.9 Å². The van der Waals surface area contributed by atoms with Crippen LogP contribution in [0, 0.1) is 6.92 Å². The molecule has 0 radical (unpaired) electrons. The van der Waals surface area contributed by atoms with E-state index < -0.39 is 22.5 Å². The highest BCUT2D eigenvalue weighted by Gasteiger charge is 2.27. The monoisotopic (exact) mass is 506 g/mol. The predicted octanol–water partition coefficient (Wildman–Crippen LogP) is 5.18. The summed E-state index contributed by atoms with van der Waals surface area (Å²) in [6.07, 6.45) is 0.440. The molecule has 33 heavy (non-hydrogen) atoms. The number of methoxy groups -OCH3 is 1. The van der Waals surface area contributed by atoms with Crippen molar-refractivity contribution in [3.63, 3.8) is 0 Å². The van der Waals surface area contributed by atoms with Crippen molar-refractivity contribution < 1.29 is 17.9 Å². The van der Waals surface area contributed by atoms with Crippen LogP contribution in [0.3, 0.4) is 0 Å². The number of ether oxygens (including phenoxy) is 1. The normalized spacial score (nSPS) is 11.4. The third kappa shape index (κ3) is 6.26. The van der Waals surface area contributed by atoms with Crippen molar-refractivity contribution in [1.29, 1.82) is 0 Å². The summed E-state index contributed by atoms with van der Waals surface area (Å²) in [5, 5.41) is 3.16. The van der Waals surface area contributed by atoms with Gasteiger partial charge in [-0.05, 0) is 54.8 Å². The fourth-order valence-electron chi connectivity index (χ4n) is 3.30. The van der Waals surface area contributed by atoms with E-state index in [1.165, 1.54) is 19.2 Å². The Hall–Kier alpha value is -2.58. The average molecular weight is 507 g/mol. The van der Waals surface area contributed by atoms with Crippen molar-refractivity contribution >= 4 is 44.8 Å². The molecule has 3 rings (SSSR count). The zero-order valence-corrected chi connectivity index (χ0v) is 20.5. The summed E-state index contributed by atoms with van der Waals surface area (Å²) in [5.74, 6) is 0.0303. The van der Waals surface area contributed by atoms with E-state index >= 15 is 0 Å². The van der Waals surface area contributed by atoms with Gasteiger partial charge < -0.3 is 10.1 Å². The summed E-state index contributed by atoms with van der Waals surface area (Å²) in [7, 11) is -2.45. The lowest BCUT2D eigenvalue weighted by molar-refractivity contribution is -0.116. The molecule has 1 N–H and O–H groups in total. The standard InChI is InChI=1S/C24H24Cl2N2O4S/c1-17-15-19(11-12-22(17)32-2)33(30,31)28(14-13-18-7-4-3-5-8-18)16-23(29)27-24-20(25)9-6-10-21(24)26/h3-12,15H,13-14,16H2,1-2H3,(H,27,29). The number of rotatable bonds is 9. The maximum atomic E-state index is 13.5. The van der Waals surface area contributed by atoms with Crippen molar-refractivity contribution in [3.8, 4) is 5.75 Å². The molecular weight excluding hydrogens is 483 g/mol. The third-order valence-electron chi connectivity index (χ3n) is 5.04. The predicted molar refractivity (Wildman–Crippen MR) is 132 cm³/mol. The zero-order chi connectivity index (χ0) is 24.0. The van der Waals surface area contributed by atoms with E-state index in [2.05, 4.69) is 5.32 Å². The molecule has 0 aromatic heterocycles. The van der Waals surface area contributed by atoms with Crippen molar-refractivity contribution in [2.75, 3.05) is 25.5 Å². The number of anilines is 1. The van der Waals surface area contributed by atoms with Gasteiger partial charge in [0.2, 0.25) is 15.9 Å². The van der Waals surface area contributed by atoms with Crippen LogP contribution in [0.1, 0.15) is 11.1 Å². The maximum absolute atomic E-state index is 13.5. The van der Waals surface area contributed by atoms with Gasteiger partial charge in [0, 0.05) is 6.54 Å². The van der Waals surface area contributed by atoms with Gasteiger partial charge in [-0.25, -0.2) is 8.42 Å². The summed E-state index contributed by atoms with van der Waals surface area (Å²) in [6.45, 7) is 1.47. The van der Waals surface area contributed by atoms with Crippen LogP contribution in [0.4, 0.5) is 5.69 Å². The summed E-state index contributed by atoms with van der Waals surface area (Å²) < 4.78 is 33.3. The molecule has 0 unspecified atom stereocenters. The molecule has 6 nitrogen and oxygen atoms in total. The molecule has 0 heterocycles. The Morgan fingerprint density at radius 2 is 1.67 bits per heavy atom. The number of carbonyl (C=O) groups excluding carboxylic acids is 1. The second-order valence-electron chi connectivity index (χ2n) is 7.35. The van der Waals surface area contributed by atoms with Crippen LogP contribution in [0.15, 0.2) is 71.6 Å². The summed E-state index contributed by atoms with van der Waals surface area (Å²) in [5.41, 5.74) is 1.87. The highest BCUT2D eigenvalue weighted by atomic mass is 35.5. The molecule has 3 aromatic rings. The molecule has 0 fully saturated rings. The van der Waals surface area contributed by atoms with Gasteiger partial charge in [-0.3, -0.25) is 4.79 Å². The highest BCUT2D eigenvalue weighted by Crippen LogP contribution is 2.30. The second kappa shape index (κ2) is 11.0. The van der Waals surface area contributed by atoms with Gasteiger partial charge in [0.15, 0.2) is 0 Å². The first-order chi connectivity index (χ1) is 15.7. The van der Waals surface area contributed by atoms with Crippen LogP contribution in [-0.2, 0) is 21.2 Å². The Bertz CT molecular complexity index is 1210. The first-order valence-electron chi connectivity index (χ1n) is 10.1. The van der Waals surface area contributed by atoms with Crippen LogP contribution in [0.2, 0.25) is 10.0 Å². The number of sulfonamides is 1. The van der Waals surface area contributed by atoms with Gasteiger partial charge in [0.1, 0.15) is 5.75 Å². The largest absolute Gasteiger partial charge is 0.496 e. The van der Waals surface area contributed by atoms with E-state index in [1.807, 2.05) is 30.3 Å². The summed E-state index contributed by atoms with van der Waals surface area (Å²) >= 11 is 12.3. The minimum atomic E-state index is -3.98. The maximum Gasteiger partial charge on any atom is 0.243 e. The molecule has 3 aromatic carbocycles. The number of nitrogens with zero attached hydrogens (tertiary/aromatic N) is 1. The Kier molecular flexibility index (Phi) is 8.37. The molecule has 0 spiro atoms. The van der Waals surface area contributed by atoms with Crippen molar-refractivity contribution in [2.45, 2.75) is 18.2 Å². The molecule has 0 aliphatic carbocycles. The number of aryl methyl sites for hydroxylation is 1. The summed E-state index contributed by atoms with van der Waals surface area (Å²) in [6, 6.07) is 18.9. The molecule has 9 heteroatoms. The summed E-state index contributed by atoms with van der Waals surface area (Å²) in [4.78, 5) is 12.9. The number of hydrogen-bond donors (Lipinski definition) is 1. The van der Waals surface area contributed by atoms with E-state index in [-0.39, 0.29) is 27.2 Å². The van der Waals surface area contributed by atoms with Gasteiger partial charge in [-0.2, -0.15) is 4.31 Å². The van der Waals surface area contributed by atoms with E-state index in [0.717, 1.165) is 9.87 Å². The zero-order valence-electron chi connectivity index (χ0n) is 18.2. The number of halogens is 2. The minimum Gasteiger partial charge on any atom is -0.496 e. The lowest BCUT2D eigenvalue weighted by Crippen LogP contribution is -2.39. The lowest BCUT2D eigenvalue weighted by Gasteiger charge is -2.23. The molecule has 0 aliphatic heterocycles. The number of carbonyl (C=O) groups is 1. The number of benzene rings is 3. The number of nitrogens with one attached hydrogen (secondary N) is 1. The first kappa shape index (κ1) is 25.1. The first-order valence-corrected chi connectivity index (χ1v) is 12.3. The van der Waals surface area contributed by atoms with Crippen LogP contribution < -0.4 is 10.1 Å². The van der Waals surface area contributed by atoms with E-state index in [1.54, 1.807) is 31.2 Å². The minimum absolute atomic E-state index is 0.0810. The topological polar surface area (TPSA) is 75.7 Å². The molecule has 174 valence electrons. The van der Waals surface area contributed by atoms with Gasteiger partial charge in [0.25, 0.3) is 0 Å². The molecular formula is C24H24Cl2N2O4S. The number of hydrogen-bond acceptors (Lipinski definition) is 4. The molecule has 0 aliphatic rings. The van der Waals surface area contributed by atoms with Crippen molar-refractivity contribution in [2.24, 2.45) is 0 Å². The molecule has 0 bridgehead atoms. The van der Waals surface area contributed by atoms with Gasteiger partial charge >= 0.3 is 0 Å². The van der Waals surface area contributed by atoms with E-state index in [9.17, 15) is 13.2 Å². The van der Waals surface area contributed by atoms with Crippen molar-refractivity contribution in [3.05, 3.63) is 87.9 Å². The number of amides is 1. The lowest BCUT2D eigenvalue weighted by atomic mass is 10.1. The smallest absolute Gasteiger partial charge is 0.243 e. The van der Waals surface area contributed by atoms with Gasteiger partial charge in [-0.15, -0.1) is 0 Å². The average Bonchev–Trinajstić information content (AvgIpc) is 2.79. The molecule has 0 saturated heterocycles. The fourth-order valence-corrected chi connectivity index (χ4v) is 5.27. The highest BCUT2D eigenvalue weighted by molar-refractivity contribution is 7.89.